The van der Waals surface area contributed by atoms with Crippen molar-refractivity contribution in [3.63, 3.8) is 0 Å². The highest BCUT2D eigenvalue weighted by molar-refractivity contribution is 5.67. The first-order valence-electron chi connectivity index (χ1n) is 5.18. The summed E-state index contributed by atoms with van der Waals surface area (Å²) >= 11 is 0. The smallest absolute Gasteiger partial charge is 0.151 e. The normalized spacial score (nSPS) is 16.9. The number of benzene rings is 1. The first-order chi connectivity index (χ1) is 7.16. The Labute approximate surface area is 87.5 Å². The Morgan fingerprint density at radius 3 is 2.47 bits per heavy atom. The summed E-state index contributed by atoms with van der Waals surface area (Å²) in [4.78, 5) is 0. The minimum absolute atomic E-state index is 0.138. The number of hydrogen-bond acceptors (Lipinski definition) is 2. The summed E-state index contributed by atoms with van der Waals surface area (Å²) in [6.45, 7) is 0. The van der Waals surface area contributed by atoms with Crippen LogP contribution in [0.25, 0.3) is 0 Å². The summed E-state index contributed by atoms with van der Waals surface area (Å²) in [6.07, 6.45) is 4.35. The molecule has 1 saturated carbocycles. The van der Waals surface area contributed by atoms with Crippen LogP contribution in [0.4, 0.5) is 20.2 Å². The van der Waals surface area contributed by atoms with Gasteiger partial charge < -0.3 is 11.1 Å². The molecule has 0 heterocycles. The molecule has 0 unspecified atom stereocenters. The summed E-state index contributed by atoms with van der Waals surface area (Å²) in [5.41, 5.74) is 5.94. The lowest BCUT2D eigenvalue weighted by Gasteiger charge is -2.16. The number of nitrogen functional groups attached to an aromatic ring is 1. The van der Waals surface area contributed by atoms with Gasteiger partial charge in [-0.05, 0) is 18.9 Å². The van der Waals surface area contributed by atoms with Gasteiger partial charge in [0.15, 0.2) is 5.82 Å². The Kier molecular flexibility index (Phi) is 2.75. The van der Waals surface area contributed by atoms with Gasteiger partial charge >= 0.3 is 0 Å². The number of rotatable bonds is 2. The highest BCUT2D eigenvalue weighted by Gasteiger charge is 2.18. The van der Waals surface area contributed by atoms with Crippen LogP contribution < -0.4 is 11.1 Å². The summed E-state index contributed by atoms with van der Waals surface area (Å²) in [5, 5.41) is 3.04. The van der Waals surface area contributed by atoms with Crippen molar-refractivity contribution in [1.29, 1.82) is 0 Å². The van der Waals surface area contributed by atoms with Crippen LogP contribution in [-0.4, -0.2) is 6.04 Å². The third kappa shape index (κ3) is 2.19. The second-order valence-corrected chi connectivity index (χ2v) is 3.98. The van der Waals surface area contributed by atoms with E-state index in [9.17, 15) is 8.78 Å². The molecule has 1 aliphatic rings. The molecule has 15 heavy (non-hydrogen) atoms. The van der Waals surface area contributed by atoms with E-state index in [-0.39, 0.29) is 17.4 Å². The highest BCUT2D eigenvalue weighted by Crippen LogP contribution is 2.28. The first-order valence-corrected chi connectivity index (χ1v) is 5.18. The zero-order chi connectivity index (χ0) is 10.8. The molecule has 0 aromatic heterocycles. The molecule has 1 aromatic rings. The highest BCUT2D eigenvalue weighted by atomic mass is 19.1. The van der Waals surface area contributed by atoms with Crippen molar-refractivity contribution in [2.75, 3.05) is 11.1 Å². The molecule has 0 atom stereocenters. The van der Waals surface area contributed by atoms with Gasteiger partial charge in [-0.25, -0.2) is 8.78 Å². The van der Waals surface area contributed by atoms with Crippen molar-refractivity contribution in [2.24, 2.45) is 0 Å². The summed E-state index contributed by atoms with van der Waals surface area (Å²) in [5.74, 6) is -1.25. The largest absolute Gasteiger partial charge is 0.397 e. The molecule has 1 aromatic carbocycles. The van der Waals surface area contributed by atoms with Crippen LogP contribution in [-0.2, 0) is 0 Å². The molecule has 2 rings (SSSR count). The van der Waals surface area contributed by atoms with Crippen LogP contribution >= 0.6 is 0 Å². The zero-order valence-corrected chi connectivity index (χ0v) is 8.39. The second-order valence-electron chi connectivity index (χ2n) is 3.98. The molecule has 2 nitrogen and oxygen atoms in total. The van der Waals surface area contributed by atoms with E-state index in [0.717, 1.165) is 37.8 Å². The summed E-state index contributed by atoms with van der Waals surface area (Å²) in [6, 6.07) is 2.26. The third-order valence-electron chi connectivity index (χ3n) is 2.79. The van der Waals surface area contributed by atoms with Crippen molar-refractivity contribution < 1.29 is 8.78 Å². The van der Waals surface area contributed by atoms with E-state index in [1.165, 1.54) is 0 Å². The predicted molar refractivity (Wildman–Crippen MR) is 56.6 cm³/mol. The Balaban J connectivity index is 2.19. The fraction of sp³-hybridized carbons (Fsp3) is 0.455. The molecule has 0 amide bonds. The molecule has 0 bridgehead atoms. The number of nitrogens with two attached hydrogens (primary N) is 1. The van der Waals surface area contributed by atoms with Crippen LogP contribution in [0.15, 0.2) is 12.1 Å². The molecule has 0 spiro atoms. The maximum absolute atomic E-state index is 13.4. The number of halogens is 2. The van der Waals surface area contributed by atoms with Crippen molar-refractivity contribution >= 4 is 11.4 Å². The van der Waals surface area contributed by atoms with Gasteiger partial charge in [-0.15, -0.1) is 0 Å². The average Bonchev–Trinajstić information content (AvgIpc) is 2.63. The average molecular weight is 212 g/mol. The maximum Gasteiger partial charge on any atom is 0.151 e. The van der Waals surface area contributed by atoms with E-state index in [1.54, 1.807) is 0 Å². The van der Waals surface area contributed by atoms with Crippen molar-refractivity contribution in [2.45, 2.75) is 31.7 Å². The van der Waals surface area contributed by atoms with Crippen molar-refractivity contribution in [3.05, 3.63) is 23.8 Å². The van der Waals surface area contributed by atoms with Crippen LogP contribution in [0, 0.1) is 11.6 Å². The van der Waals surface area contributed by atoms with Gasteiger partial charge in [0.2, 0.25) is 0 Å². The van der Waals surface area contributed by atoms with E-state index in [1.807, 2.05) is 0 Å². The summed E-state index contributed by atoms with van der Waals surface area (Å²) in [7, 11) is 0. The first kappa shape index (κ1) is 10.2. The molecule has 0 saturated heterocycles. The molecular weight excluding hydrogens is 198 g/mol. The number of hydrogen-bond donors (Lipinski definition) is 2. The van der Waals surface area contributed by atoms with Crippen LogP contribution in [0.5, 0.6) is 0 Å². The van der Waals surface area contributed by atoms with Gasteiger partial charge in [0.05, 0.1) is 11.4 Å². The minimum Gasteiger partial charge on any atom is -0.397 e. The molecule has 3 N–H and O–H groups in total. The molecular formula is C11H14F2N2. The SMILES string of the molecule is Nc1cc(F)cc(F)c1NC1CCCC1. The van der Waals surface area contributed by atoms with E-state index in [0.29, 0.717) is 0 Å². The lowest BCUT2D eigenvalue weighted by Crippen LogP contribution is -2.17. The minimum atomic E-state index is -0.637. The van der Waals surface area contributed by atoms with Crippen LogP contribution in [0.2, 0.25) is 0 Å². The Bertz CT molecular complexity index is 337. The van der Waals surface area contributed by atoms with Crippen molar-refractivity contribution in [1.82, 2.24) is 0 Å². The van der Waals surface area contributed by atoms with E-state index < -0.39 is 11.6 Å². The Morgan fingerprint density at radius 2 is 1.87 bits per heavy atom. The third-order valence-corrected chi connectivity index (χ3v) is 2.79. The fourth-order valence-electron chi connectivity index (χ4n) is 2.02. The quantitative estimate of drug-likeness (QED) is 0.740. The van der Waals surface area contributed by atoms with Gasteiger partial charge in [0.1, 0.15) is 5.82 Å². The lowest BCUT2D eigenvalue weighted by atomic mass is 10.2. The Hall–Kier alpha value is -1.32. The molecule has 0 radical (unpaired) electrons. The van der Waals surface area contributed by atoms with E-state index in [4.69, 9.17) is 5.73 Å². The number of nitrogens with one attached hydrogen (secondary N) is 1. The summed E-state index contributed by atoms with van der Waals surface area (Å²) < 4.78 is 26.2. The van der Waals surface area contributed by atoms with Crippen LogP contribution in [0.1, 0.15) is 25.7 Å². The van der Waals surface area contributed by atoms with Crippen LogP contribution in [0.3, 0.4) is 0 Å². The molecule has 1 aliphatic carbocycles. The second kappa shape index (κ2) is 4.04. The molecule has 4 heteroatoms. The van der Waals surface area contributed by atoms with Gasteiger partial charge in [-0.3, -0.25) is 0 Å². The van der Waals surface area contributed by atoms with Gasteiger partial charge in [0, 0.05) is 12.1 Å². The van der Waals surface area contributed by atoms with E-state index >= 15 is 0 Å². The topological polar surface area (TPSA) is 38.0 Å². The Morgan fingerprint density at radius 1 is 1.20 bits per heavy atom. The predicted octanol–water partition coefficient (Wildman–Crippen LogP) is 2.90. The molecule has 0 aliphatic heterocycles. The lowest BCUT2D eigenvalue weighted by molar-refractivity contribution is 0.583. The maximum atomic E-state index is 13.4. The number of anilines is 2. The monoisotopic (exact) mass is 212 g/mol. The van der Waals surface area contributed by atoms with Gasteiger partial charge in [-0.1, -0.05) is 12.8 Å². The van der Waals surface area contributed by atoms with Crippen molar-refractivity contribution in [3.8, 4) is 0 Å². The zero-order valence-electron chi connectivity index (χ0n) is 8.39. The van der Waals surface area contributed by atoms with E-state index in [2.05, 4.69) is 5.32 Å². The fourth-order valence-corrected chi connectivity index (χ4v) is 2.02. The standard InChI is InChI=1S/C11H14F2N2/c12-7-5-9(13)11(10(14)6-7)15-8-3-1-2-4-8/h5-6,8,15H,1-4,14H2. The molecule has 82 valence electrons. The molecule has 1 fully saturated rings. The van der Waals surface area contributed by atoms with Gasteiger partial charge in [0.25, 0.3) is 0 Å². The van der Waals surface area contributed by atoms with Gasteiger partial charge in [-0.2, -0.15) is 0 Å².